The largest absolute Gasteiger partial charge is 0.368 e. The van der Waals surface area contributed by atoms with E-state index in [1.165, 1.54) is 10.9 Å². The molecule has 9 nitrogen and oxygen atoms in total. The van der Waals surface area contributed by atoms with Gasteiger partial charge in [-0.3, -0.25) is 14.3 Å². The van der Waals surface area contributed by atoms with Gasteiger partial charge in [-0.1, -0.05) is 6.08 Å². The first-order chi connectivity index (χ1) is 14.8. The summed E-state index contributed by atoms with van der Waals surface area (Å²) >= 11 is 0. The molecular weight excluding hydrogens is 408 g/mol. The topological polar surface area (TPSA) is 119 Å². The second kappa shape index (κ2) is 7.10. The molecular formula is C20H21F2N7O2. The molecule has 5 rings (SSSR count). The van der Waals surface area contributed by atoms with Crippen LogP contribution in [0.4, 0.5) is 20.4 Å². The first-order valence-corrected chi connectivity index (χ1v) is 10.1. The lowest BCUT2D eigenvalue weighted by atomic mass is 9.98. The van der Waals surface area contributed by atoms with E-state index >= 15 is 0 Å². The van der Waals surface area contributed by atoms with Crippen molar-refractivity contribution in [3.8, 4) is 0 Å². The maximum Gasteiger partial charge on any atom is 0.260 e. The van der Waals surface area contributed by atoms with Gasteiger partial charge in [-0.25, -0.2) is 18.7 Å². The smallest absolute Gasteiger partial charge is 0.260 e. The summed E-state index contributed by atoms with van der Waals surface area (Å²) in [6.45, 7) is -0.0275. The molecule has 31 heavy (non-hydrogen) atoms. The van der Waals surface area contributed by atoms with E-state index in [0.717, 1.165) is 24.1 Å². The Hall–Kier alpha value is -3.37. The van der Waals surface area contributed by atoms with E-state index in [1.807, 2.05) is 6.08 Å². The van der Waals surface area contributed by atoms with E-state index in [1.54, 1.807) is 23.4 Å². The number of nitrogens with two attached hydrogens (primary N) is 1. The van der Waals surface area contributed by atoms with E-state index in [9.17, 15) is 18.4 Å². The normalized spacial score (nSPS) is 25.8. The van der Waals surface area contributed by atoms with Crippen LogP contribution in [0.15, 0.2) is 30.7 Å². The number of carbonyl (C=O) groups excluding carboxylic acids is 2. The molecule has 2 unspecified atom stereocenters. The number of alkyl halides is 2. The Labute approximate surface area is 176 Å². The lowest BCUT2D eigenvalue weighted by molar-refractivity contribution is -0.137. The number of fused-ring (bicyclic) bond motifs is 2. The van der Waals surface area contributed by atoms with Crippen molar-refractivity contribution in [2.24, 2.45) is 11.7 Å². The molecule has 162 valence electrons. The predicted octanol–water partition coefficient (Wildman–Crippen LogP) is 1.70. The Morgan fingerprint density at radius 1 is 1.32 bits per heavy atom. The lowest BCUT2D eigenvalue weighted by Crippen LogP contribution is -2.44. The predicted molar refractivity (Wildman–Crippen MR) is 106 cm³/mol. The van der Waals surface area contributed by atoms with Gasteiger partial charge in [0.15, 0.2) is 0 Å². The second-order valence-electron chi connectivity index (χ2n) is 8.24. The van der Waals surface area contributed by atoms with Crippen LogP contribution in [0.3, 0.4) is 0 Å². The molecule has 2 aromatic heterocycles. The summed E-state index contributed by atoms with van der Waals surface area (Å²) in [5.41, 5.74) is 7.48. The molecule has 1 saturated heterocycles. The highest BCUT2D eigenvalue weighted by Gasteiger charge is 2.63. The molecule has 2 aliphatic heterocycles. The fraction of sp³-hybridized carbons (Fsp3) is 0.450. The third-order valence-corrected chi connectivity index (χ3v) is 5.97. The summed E-state index contributed by atoms with van der Waals surface area (Å²) in [4.78, 5) is 34.0. The van der Waals surface area contributed by atoms with Crippen LogP contribution in [0.5, 0.6) is 0 Å². The number of amides is 2. The van der Waals surface area contributed by atoms with Gasteiger partial charge in [0.05, 0.1) is 23.6 Å². The highest BCUT2D eigenvalue weighted by atomic mass is 19.3. The van der Waals surface area contributed by atoms with Crippen molar-refractivity contribution in [1.29, 1.82) is 0 Å². The van der Waals surface area contributed by atoms with Crippen molar-refractivity contribution >= 4 is 29.0 Å². The zero-order valence-electron chi connectivity index (χ0n) is 16.5. The van der Waals surface area contributed by atoms with Gasteiger partial charge in [0.2, 0.25) is 17.8 Å². The lowest BCUT2D eigenvalue weighted by Gasteiger charge is -2.34. The zero-order chi connectivity index (χ0) is 21.8. The second-order valence-corrected chi connectivity index (χ2v) is 8.24. The fourth-order valence-electron chi connectivity index (χ4n) is 4.43. The minimum Gasteiger partial charge on any atom is -0.368 e. The quantitative estimate of drug-likeness (QED) is 0.722. The molecule has 0 radical (unpaired) electrons. The summed E-state index contributed by atoms with van der Waals surface area (Å²) in [6.07, 6.45) is 8.57. The van der Waals surface area contributed by atoms with Crippen LogP contribution >= 0.6 is 0 Å². The van der Waals surface area contributed by atoms with Crippen molar-refractivity contribution in [2.45, 2.75) is 50.2 Å². The van der Waals surface area contributed by atoms with E-state index < -0.39 is 23.7 Å². The molecule has 4 heterocycles. The molecule has 3 aliphatic rings. The number of nitrogens with zero attached hydrogens (tertiary/aromatic N) is 5. The van der Waals surface area contributed by atoms with Gasteiger partial charge in [-0.15, -0.1) is 0 Å². The molecule has 0 aromatic carbocycles. The van der Waals surface area contributed by atoms with Crippen LogP contribution in [0, 0.1) is 5.92 Å². The van der Waals surface area contributed by atoms with E-state index in [4.69, 9.17) is 5.73 Å². The van der Waals surface area contributed by atoms with Gasteiger partial charge >= 0.3 is 0 Å². The molecule has 3 N–H and O–H groups in total. The van der Waals surface area contributed by atoms with Crippen molar-refractivity contribution in [3.63, 3.8) is 0 Å². The van der Waals surface area contributed by atoms with Crippen molar-refractivity contribution in [1.82, 2.24) is 24.6 Å². The van der Waals surface area contributed by atoms with Crippen molar-refractivity contribution in [2.75, 3.05) is 5.32 Å². The molecule has 1 aliphatic carbocycles. The first-order valence-electron chi connectivity index (χ1n) is 10.1. The Balaban J connectivity index is 1.31. The Bertz CT molecular complexity index is 1080. The zero-order valence-corrected chi connectivity index (χ0v) is 16.5. The number of anilines is 2. The standard InChI is InChI=1S/C20H21F2N7O2/c21-20(22)7-15(20)18(31)29-13-1-2-14(29)6-11(5-13)16-3-4-24-19(27-16)26-12-8-25-28(9-12)10-17(23)30/h3-5,8-9,13-15H,1-2,6-7,10H2,(H2,23,30)(H,24,26,27)/t13?,14?,15-/m0/s1. The van der Waals surface area contributed by atoms with Gasteiger partial charge in [-0.05, 0) is 30.9 Å². The molecule has 2 aromatic rings. The van der Waals surface area contributed by atoms with Crippen molar-refractivity contribution < 1.29 is 18.4 Å². The molecule has 2 amide bonds. The molecule has 1 saturated carbocycles. The highest BCUT2D eigenvalue weighted by molar-refractivity contribution is 5.85. The van der Waals surface area contributed by atoms with Crippen LogP contribution < -0.4 is 11.1 Å². The molecule has 2 fully saturated rings. The number of hydrogen-bond acceptors (Lipinski definition) is 6. The number of primary amides is 1. The van der Waals surface area contributed by atoms with Gasteiger partial charge in [0.25, 0.3) is 5.92 Å². The van der Waals surface area contributed by atoms with Crippen LogP contribution in [-0.2, 0) is 16.1 Å². The van der Waals surface area contributed by atoms with Crippen LogP contribution in [-0.4, -0.2) is 54.5 Å². The third-order valence-electron chi connectivity index (χ3n) is 5.97. The van der Waals surface area contributed by atoms with Crippen LogP contribution in [0.1, 0.15) is 31.4 Å². The molecule has 3 atom stereocenters. The molecule has 11 heteroatoms. The number of aromatic nitrogens is 4. The van der Waals surface area contributed by atoms with E-state index in [2.05, 4.69) is 20.4 Å². The maximum atomic E-state index is 13.4. The van der Waals surface area contributed by atoms with Crippen LogP contribution in [0.2, 0.25) is 0 Å². The molecule has 0 spiro atoms. The summed E-state index contributed by atoms with van der Waals surface area (Å²) < 4.78 is 28.2. The van der Waals surface area contributed by atoms with Gasteiger partial charge in [0, 0.05) is 24.9 Å². The SMILES string of the molecule is NC(=O)Cn1cc(Nc2nccc(C3=CC4CCC(C3)N4C(=O)[C@@H]3CC3(F)F)n2)cn1. The van der Waals surface area contributed by atoms with Gasteiger partial charge in [0.1, 0.15) is 12.5 Å². The number of carbonyl (C=O) groups is 2. The summed E-state index contributed by atoms with van der Waals surface area (Å²) in [5.74, 6) is -4.56. The van der Waals surface area contributed by atoms with Gasteiger partial charge < -0.3 is 16.0 Å². The van der Waals surface area contributed by atoms with Gasteiger partial charge in [-0.2, -0.15) is 5.10 Å². The highest BCUT2D eigenvalue weighted by Crippen LogP contribution is 2.51. The average molecular weight is 429 g/mol. The summed E-state index contributed by atoms with van der Waals surface area (Å²) in [6, 6.07) is 1.54. The maximum absolute atomic E-state index is 13.4. The number of nitrogens with one attached hydrogen (secondary N) is 1. The van der Waals surface area contributed by atoms with Crippen LogP contribution in [0.25, 0.3) is 5.57 Å². The fourth-order valence-corrected chi connectivity index (χ4v) is 4.43. The number of hydrogen-bond donors (Lipinski definition) is 2. The molecule has 2 bridgehead atoms. The Morgan fingerprint density at radius 2 is 2.13 bits per heavy atom. The van der Waals surface area contributed by atoms with Crippen molar-refractivity contribution in [3.05, 3.63) is 36.4 Å². The van der Waals surface area contributed by atoms with E-state index in [-0.39, 0.29) is 25.0 Å². The monoisotopic (exact) mass is 429 g/mol. The third kappa shape index (κ3) is 3.75. The summed E-state index contributed by atoms with van der Waals surface area (Å²) in [5, 5.41) is 7.08. The first kappa shape index (κ1) is 19.6. The Kier molecular flexibility index (Phi) is 4.49. The average Bonchev–Trinajstić information content (AvgIpc) is 3.00. The Morgan fingerprint density at radius 3 is 2.84 bits per heavy atom. The number of rotatable bonds is 6. The summed E-state index contributed by atoms with van der Waals surface area (Å²) in [7, 11) is 0. The number of halogens is 2. The minimum absolute atomic E-state index is 0.0275. The minimum atomic E-state index is -2.85. The van der Waals surface area contributed by atoms with E-state index in [0.29, 0.717) is 18.1 Å².